The second-order valence-electron chi connectivity index (χ2n) is 7.90. The molecule has 1 amide bonds. The van der Waals surface area contributed by atoms with Crippen molar-refractivity contribution < 1.29 is 24.1 Å². The van der Waals surface area contributed by atoms with Gasteiger partial charge in [0.2, 0.25) is 5.91 Å². The molecule has 0 saturated carbocycles. The van der Waals surface area contributed by atoms with Crippen molar-refractivity contribution in [2.45, 2.75) is 25.8 Å². The summed E-state index contributed by atoms with van der Waals surface area (Å²) in [6.45, 7) is 2.86. The molecule has 0 bridgehead atoms. The van der Waals surface area contributed by atoms with Crippen molar-refractivity contribution in [3.63, 3.8) is 0 Å². The number of piperidine rings is 1. The van der Waals surface area contributed by atoms with Crippen molar-refractivity contribution in [2.75, 3.05) is 25.0 Å². The zero-order chi connectivity index (χ0) is 20.4. The number of nitrogens with one attached hydrogen (secondary N) is 1. The van der Waals surface area contributed by atoms with Crippen LogP contribution in [0, 0.1) is 17.7 Å². The highest BCUT2D eigenvalue weighted by Gasteiger charge is 2.31. The Morgan fingerprint density at radius 3 is 2.79 bits per heavy atom. The van der Waals surface area contributed by atoms with Gasteiger partial charge in [-0.3, -0.25) is 9.69 Å². The van der Waals surface area contributed by atoms with E-state index in [1.54, 1.807) is 18.2 Å². The van der Waals surface area contributed by atoms with Crippen LogP contribution in [-0.4, -0.2) is 40.7 Å². The Balaban J connectivity index is 1.45. The van der Waals surface area contributed by atoms with Crippen LogP contribution in [0.5, 0.6) is 17.2 Å². The number of benzene rings is 2. The van der Waals surface area contributed by atoms with Crippen molar-refractivity contribution >= 4 is 11.6 Å². The zero-order valence-corrected chi connectivity index (χ0v) is 16.1. The number of ether oxygens (including phenoxy) is 1. The molecule has 2 atom stereocenters. The molecular weight excluding hydrogens is 375 g/mol. The fourth-order valence-corrected chi connectivity index (χ4v) is 4.31. The molecule has 4 rings (SSSR count). The van der Waals surface area contributed by atoms with E-state index in [2.05, 4.69) is 10.2 Å². The lowest BCUT2D eigenvalue weighted by Gasteiger charge is -2.39. The summed E-state index contributed by atoms with van der Waals surface area (Å²) < 4.78 is 19.4. The molecule has 2 aromatic rings. The summed E-state index contributed by atoms with van der Waals surface area (Å²) in [7, 11) is 0. The third-order valence-corrected chi connectivity index (χ3v) is 5.83. The highest BCUT2D eigenvalue weighted by Crippen LogP contribution is 2.34. The Kier molecular flexibility index (Phi) is 5.58. The average molecular weight is 400 g/mol. The van der Waals surface area contributed by atoms with Gasteiger partial charge in [-0.05, 0) is 61.1 Å². The molecule has 0 aromatic heterocycles. The second kappa shape index (κ2) is 8.29. The van der Waals surface area contributed by atoms with Gasteiger partial charge in [0.15, 0.2) is 11.5 Å². The van der Waals surface area contributed by atoms with Crippen molar-refractivity contribution in [3.05, 3.63) is 47.8 Å². The first-order valence-electron chi connectivity index (χ1n) is 9.93. The van der Waals surface area contributed by atoms with E-state index in [9.17, 15) is 19.4 Å². The van der Waals surface area contributed by atoms with E-state index in [-0.39, 0.29) is 23.3 Å². The number of carbonyl (C=O) groups is 1. The number of hydrogen-bond donors (Lipinski definition) is 3. The third kappa shape index (κ3) is 4.62. The Hall–Kier alpha value is -2.80. The summed E-state index contributed by atoms with van der Waals surface area (Å²) >= 11 is 0. The first-order valence-corrected chi connectivity index (χ1v) is 9.93. The Labute approximate surface area is 168 Å². The number of phenolic OH excluding ortho intramolecular Hbond substituents is 2. The van der Waals surface area contributed by atoms with Gasteiger partial charge in [0, 0.05) is 25.6 Å². The molecule has 1 fully saturated rings. The van der Waals surface area contributed by atoms with Crippen molar-refractivity contribution in [2.24, 2.45) is 11.8 Å². The first-order chi connectivity index (χ1) is 14.0. The molecule has 2 heterocycles. The maximum Gasteiger partial charge on any atom is 0.224 e. The first kappa shape index (κ1) is 19.5. The molecular formula is C22H25FN2O4. The molecule has 6 nitrogen and oxygen atoms in total. The zero-order valence-electron chi connectivity index (χ0n) is 16.1. The monoisotopic (exact) mass is 400 g/mol. The highest BCUT2D eigenvalue weighted by molar-refractivity contribution is 5.92. The molecule has 3 N–H and O–H groups in total. The lowest BCUT2D eigenvalue weighted by Crippen LogP contribution is -2.42. The lowest BCUT2D eigenvalue weighted by atomic mass is 9.81. The standard InChI is InChI=1S/C22H25FN2O4/c23-17-2-4-21-18(11-17)24-22(28)10-15-5-7-25(13-16(15)6-8-29-21)12-14-1-3-19(26)20(27)9-14/h1-4,9,11,15-16,26-27H,5-8,10,12-13H2,(H,24,28)/t15-,16-/m0/s1. The summed E-state index contributed by atoms with van der Waals surface area (Å²) in [4.78, 5) is 14.8. The van der Waals surface area contributed by atoms with E-state index in [0.717, 1.165) is 31.5 Å². The Morgan fingerprint density at radius 1 is 1.10 bits per heavy atom. The van der Waals surface area contributed by atoms with Gasteiger partial charge >= 0.3 is 0 Å². The number of fused-ring (bicyclic) bond motifs is 2. The predicted molar refractivity (Wildman–Crippen MR) is 106 cm³/mol. The van der Waals surface area contributed by atoms with Crippen LogP contribution in [0.15, 0.2) is 36.4 Å². The summed E-state index contributed by atoms with van der Waals surface area (Å²) in [5, 5.41) is 22.0. The molecule has 2 aliphatic heterocycles. The van der Waals surface area contributed by atoms with Crippen molar-refractivity contribution in [1.82, 2.24) is 4.90 Å². The number of anilines is 1. The number of halogens is 1. The van der Waals surface area contributed by atoms with Crippen LogP contribution < -0.4 is 10.1 Å². The van der Waals surface area contributed by atoms with E-state index in [4.69, 9.17) is 4.74 Å². The molecule has 2 aliphatic rings. The van der Waals surface area contributed by atoms with Gasteiger partial charge in [-0.1, -0.05) is 6.07 Å². The minimum atomic E-state index is -0.406. The van der Waals surface area contributed by atoms with E-state index >= 15 is 0 Å². The van der Waals surface area contributed by atoms with E-state index in [0.29, 0.717) is 36.9 Å². The second-order valence-corrected chi connectivity index (χ2v) is 7.90. The molecule has 2 aromatic carbocycles. The van der Waals surface area contributed by atoms with Gasteiger partial charge in [-0.25, -0.2) is 4.39 Å². The molecule has 29 heavy (non-hydrogen) atoms. The average Bonchev–Trinajstić information content (AvgIpc) is 2.68. The number of nitrogens with zero attached hydrogens (tertiary/aromatic N) is 1. The van der Waals surface area contributed by atoms with Gasteiger partial charge < -0.3 is 20.3 Å². The van der Waals surface area contributed by atoms with Gasteiger partial charge in [-0.2, -0.15) is 0 Å². The van der Waals surface area contributed by atoms with Gasteiger partial charge in [0.1, 0.15) is 11.6 Å². The predicted octanol–water partition coefficient (Wildman–Crippen LogP) is 3.49. The number of carbonyl (C=O) groups excluding carboxylic acids is 1. The van der Waals surface area contributed by atoms with Gasteiger partial charge in [0.25, 0.3) is 0 Å². The molecule has 1 saturated heterocycles. The molecule has 154 valence electrons. The SMILES string of the molecule is O=C1C[C@@H]2CCN(Cc3ccc(O)c(O)c3)C[C@@H]2CCOc2ccc(F)cc2N1. The maximum absolute atomic E-state index is 13.5. The highest BCUT2D eigenvalue weighted by atomic mass is 19.1. The van der Waals surface area contributed by atoms with Crippen molar-refractivity contribution in [1.29, 1.82) is 0 Å². The maximum atomic E-state index is 13.5. The molecule has 0 radical (unpaired) electrons. The largest absolute Gasteiger partial charge is 0.504 e. The minimum absolute atomic E-state index is 0.115. The molecule has 7 heteroatoms. The number of hydrogen-bond acceptors (Lipinski definition) is 5. The summed E-state index contributed by atoms with van der Waals surface area (Å²) in [6, 6.07) is 9.06. The van der Waals surface area contributed by atoms with E-state index < -0.39 is 5.82 Å². The van der Waals surface area contributed by atoms with E-state index in [1.165, 1.54) is 18.2 Å². The quantitative estimate of drug-likeness (QED) is 0.673. The number of aromatic hydroxyl groups is 2. The van der Waals surface area contributed by atoms with E-state index in [1.807, 2.05) is 0 Å². The number of phenols is 2. The molecule has 0 unspecified atom stereocenters. The Bertz CT molecular complexity index is 904. The Morgan fingerprint density at radius 2 is 1.97 bits per heavy atom. The summed E-state index contributed by atoms with van der Waals surface area (Å²) in [5.74, 6) is 0.288. The van der Waals surface area contributed by atoms with Crippen molar-refractivity contribution in [3.8, 4) is 17.2 Å². The number of likely N-dealkylation sites (tertiary alicyclic amines) is 1. The fraction of sp³-hybridized carbons (Fsp3) is 0.409. The van der Waals surface area contributed by atoms with Crippen LogP contribution in [-0.2, 0) is 11.3 Å². The number of amides is 1. The van der Waals surface area contributed by atoms with Crippen LogP contribution in [0.25, 0.3) is 0 Å². The fourth-order valence-electron chi connectivity index (χ4n) is 4.31. The lowest BCUT2D eigenvalue weighted by molar-refractivity contribution is -0.118. The van der Waals surface area contributed by atoms with Crippen LogP contribution in [0.4, 0.5) is 10.1 Å². The minimum Gasteiger partial charge on any atom is -0.504 e. The van der Waals surface area contributed by atoms with Gasteiger partial charge in [0.05, 0.1) is 12.3 Å². The van der Waals surface area contributed by atoms with Crippen LogP contribution >= 0.6 is 0 Å². The van der Waals surface area contributed by atoms with Crippen LogP contribution in [0.1, 0.15) is 24.8 Å². The summed E-state index contributed by atoms with van der Waals surface area (Å²) in [6.07, 6.45) is 2.11. The van der Waals surface area contributed by atoms with Crippen LogP contribution in [0.2, 0.25) is 0 Å². The molecule has 0 spiro atoms. The number of rotatable bonds is 2. The van der Waals surface area contributed by atoms with Crippen LogP contribution in [0.3, 0.4) is 0 Å². The molecule has 0 aliphatic carbocycles. The smallest absolute Gasteiger partial charge is 0.224 e. The topological polar surface area (TPSA) is 82.0 Å². The normalized spacial score (nSPS) is 22.7. The van der Waals surface area contributed by atoms with Gasteiger partial charge in [-0.15, -0.1) is 0 Å². The third-order valence-electron chi connectivity index (χ3n) is 5.83. The summed E-state index contributed by atoms with van der Waals surface area (Å²) in [5.41, 5.74) is 1.32.